The molecule has 2 saturated heterocycles. The van der Waals surface area contributed by atoms with Crippen LogP contribution in [0.2, 0.25) is 0 Å². The fourth-order valence-electron chi connectivity index (χ4n) is 7.98. The molecule has 0 bridgehead atoms. The maximum atomic E-state index is 14.0. The van der Waals surface area contributed by atoms with Crippen LogP contribution in [0.4, 0.5) is 0 Å². The van der Waals surface area contributed by atoms with E-state index in [9.17, 15) is 24.0 Å². The van der Waals surface area contributed by atoms with Crippen molar-refractivity contribution >= 4 is 29.5 Å². The highest BCUT2D eigenvalue weighted by molar-refractivity contribution is 5.94. The molecule has 0 radical (unpaired) electrons. The lowest BCUT2D eigenvalue weighted by Gasteiger charge is -2.30. The fraction of sp³-hybridized carbons (Fsp3) is 0.391. The van der Waals surface area contributed by atoms with Gasteiger partial charge in [0.2, 0.25) is 29.5 Å². The van der Waals surface area contributed by atoms with Crippen LogP contribution in [0.3, 0.4) is 0 Å². The van der Waals surface area contributed by atoms with E-state index < -0.39 is 18.1 Å². The second kappa shape index (κ2) is 17.1. The molecule has 12 nitrogen and oxygen atoms in total. The fourth-order valence-corrected chi connectivity index (χ4v) is 7.98. The van der Waals surface area contributed by atoms with Crippen LogP contribution in [0.25, 0.3) is 0 Å². The number of hydrogen-bond acceptors (Lipinski definition) is 6. The van der Waals surface area contributed by atoms with Crippen LogP contribution in [-0.2, 0) is 24.0 Å². The molecule has 298 valence electrons. The highest BCUT2D eigenvalue weighted by atomic mass is 16.2. The standard InChI is InChI=1S/C46H49N7O5/c1-29(48-44(56)38-15-9-27-53(38)46(58)40(33-12-6-3-7-13-33)51-43(55)35-23-24-35)31-19-16-30(17-20-31)18-25-36-28-47-41(49-36)37-14-8-26-52(37)45(57)39(32-10-4-2-5-11-32)50-42(54)34-21-22-34/h2-7,10-13,16-17,19-20,28-29,34-35,37-40H,8-9,14-15,21-24,26-27H2,1H3,(H,47,49)(H,48,56)(H,50,54)(H,51,55). The zero-order chi connectivity index (χ0) is 40.2. The van der Waals surface area contributed by atoms with E-state index in [-0.39, 0.29) is 53.5 Å². The molecule has 1 aromatic heterocycles. The van der Waals surface area contributed by atoms with Crippen molar-refractivity contribution in [3.8, 4) is 11.8 Å². The molecule has 4 aromatic rings. The average Bonchev–Trinajstić information content (AvgIpc) is 4.13. The number of H-pyrrole nitrogens is 1. The minimum Gasteiger partial charge on any atom is -0.348 e. The molecular weight excluding hydrogens is 731 g/mol. The molecule has 0 spiro atoms. The second-order valence-electron chi connectivity index (χ2n) is 15.9. The summed E-state index contributed by atoms with van der Waals surface area (Å²) in [6, 6.07) is 23.5. The lowest BCUT2D eigenvalue weighted by molar-refractivity contribution is -0.142. The summed E-state index contributed by atoms with van der Waals surface area (Å²) in [5.41, 5.74) is 3.76. The van der Waals surface area contributed by atoms with Gasteiger partial charge in [0.25, 0.3) is 0 Å². The van der Waals surface area contributed by atoms with Crippen LogP contribution in [0.5, 0.6) is 0 Å². The quantitative estimate of drug-likeness (QED) is 0.145. The molecule has 8 rings (SSSR count). The minimum atomic E-state index is -0.840. The smallest absolute Gasteiger partial charge is 0.250 e. The van der Waals surface area contributed by atoms with Crippen LogP contribution in [-0.4, -0.2) is 68.4 Å². The first-order valence-electron chi connectivity index (χ1n) is 20.5. The van der Waals surface area contributed by atoms with Crippen molar-refractivity contribution in [3.63, 3.8) is 0 Å². The molecule has 2 aliphatic carbocycles. The number of benzene rings is 3. The van der Waals surface area contributed by atoms with E-state index >= 15 is 0 Å². The summed E-state index contributed by atoms with van der Waals surface area (Å²) in [4.78, 5) is 78.4. The zero-order valence-electron chi connectivity index (χ0n) is 32.7. The normalized spacial score (nSPS) is 20.3. The maximum Gasteiger partial charge on any atom is 0.250 e. The molecule has 3 aromatic carbocycles. The number of aromatic amines is 1. The van der Waals surface area contributed by atoms with E-state index in [0.717, 1.165) is 55.2 Å². The summed E-state index contributed by atoms with van der Waals surface area (Å²) < 4.78 is 0. The Kier molecular flexibility index (Phi) is 11.4. The molecule has 5 amide bonds. The van der Waals surface area contributed by atoms with Gasteiger partial charge in [0.05, 0.1) is 18.3 Å². The number of nitrogens with zero attached hydrogens (tertiary/aromatic N) is 3. The van der Waals surface area contributed by atoms with Crippen molar-refractivity contribution in [2.24, 2.45) is 11.8 Å². The summed E-state index contributed by atoms with van der Waals surface area (Å²) >= 11 is 0. The van der Waals surface area contributed by atoms with Gasteiger partial charge in [-0.2, -0.15) is 0 Å². The Balaban J connectivity index is 0.883. The third-order valence-electron chi connectivity index (χ3n) is 11.6. The summed E-state index contributed by atoms with van der Waals surface area (Å²) in [6.07, 6.45) is 7.89. The van der Waals surface area contributed by atoms with Gasteiger partial charge >= 0.3 is 0 Å². The van der Waals surface area contributed by atoms with Crippen molar-refractivity contribution in [1.82, 2.24) is 35.7 Å². The number of likely N-dealkylation sites (tertiary alicyclic amines) is 2. The van der Waals surface area contributed by atoms with Crippen LogP contribution >= 0.6 is 0 Å². The predicted octanol–water partition coefficient (Wildman–Crippen LogP) is 5.18. The SMILES string of the molecule is CC(NC(=O)C1CCCN1C(=O)C(NC(=O)C1CC1)c1ccccc1)c1ccc(C#Cc2cnc(C3CCCN3C(=O)C(NC(=O)C3CC3)c3ccccc3)[nH]2)cc1. The Morgan fingerprint density at radius 1 is 0.638 bits per heavy atom. The topological polar surface area (TPSA) is 157 Å². The lowest BCUT2D eigenvalue weighted by atomic mass is 10.0. The van der Waals surface area contributed by atoms with E-state index in [2.05, 4.69) is 37.8 Å². The molecule has 4 aliphatic rings. The van der Waals surface area contributed by atoms with Gasteiger partial charge in [-0.3, -0.25) is 24.0 Å². The lowest BCUT2D eigenvalue weighted by Crippen LogP contribution is -2.50. The molecule has 3 heterocycles. The summed E-state index contributed by atoms with van der Waals surface area (Å²) in [5.74, 6) is 6.12. The number of rotatable bonds is 12. The van der Waals surface area contributed by atoms with Crippen molar-refractivity contribution in [2.75, 3.05) is 13.1 Å². The number of hydrogen-bond donors (Lipinski definition) is 4. The molecule has 4 fully saturated rings. The van der Waals surface area contributed by atoms with E-state index in [1.807, 2.05) is 96.8 Å². The van der Waals surface area contributed by atoms with E-state index in [1.54, 1.807) is 11.1 Å². The Hall–Kier alpha value is -6.22. The number of aromatic nitrogens is 2. The zero-order valence-corrected chi connectivity index (χ0v) is 32.7. The molecule has 12 heteroatoms. The van der Waals surface area contributed by atoms with Gasteiger partial charge < -0.3 is 30.7 Å². The monoisotopic (exact) mass is 779 g/mol. The van der Waals surface area contributed by atoms with Gasteiger partial charge in [-0.1, -0.05) is 78.7 Å². The van der Waals surface area contributed by atoms with Gasteiger partial charge in [-0.05, 0) is 93.0 Å². The first kappa shape index (κ1) is 38.6. The van der Waals surface area contributed by atoms with Crippen LogP contribution < -0.4 is 16.0 Å². The molecule has 5 unspecified atom stereocenters. The Morgan fingerprint density at radius 3 is 1.78 bits per heavy atom. The van der Waals surface area contributed by atoms with Crippen molar-refractivity contribution < 1.29 is 24.0 Å². The molecule has 2 saturated carbocycles. The van der Waals surface area contributed by atoms with Gasteiger partial charge in [0.1, 0.15) is 29.6 Å². The third-order valence-corrected chi connectivity index (χ3v) is 11.6. The van der Waals surface area contributed by atoms with Crippen molar-refractivity contribution in [2.45, 2.75) is 88.5 Å². The largest absolute Gasteiger partial charge is 0.348 e. The van der Waals surface area contributed by atoms with E-state index in [4.69, 9.17) is 0 Å². The first-order valence-corrected chi connectivity index (χ1v) is 20.5. The number of amides is 5. The summed E-state index contributed by atoms with van der Waals surface area (Å²) in [7, 11) is 0. The van der Waals surface area contributed by atoms with Gasteiger partial charge in [-0.15, -0.1) is 0 Å². The van der Waals surface area contributed by atoms with Gasteiger partial charge in [0, 0.05) is 30.5 Å². The van der Waals surface area contributed by atoms with Crippen molar-refractivity contribution in [1.29, 1.82) is 0 Å². The highest BCUT2D eigenvalue weighted by Crippen LogP contribution is 2.35. The van der Waals surface area contributed by atoms with Gasteiger partial charge in [0.15, 0.2) is 0 Å². The Bertz CT molecular complexity index is 2200. The Labute approximate surface area is 338 Å². The highest BCUT2D eigenvalue weighted by Gasteiger charge is 2.41. The molecule has 58 heavy (non-hydrogen) atoms. The second-order valence-corrected chi connectivity index (χ2v) is 15.9. The third kappa shape index (κ3) is 8.84. The maximum absolute atomic E-state index is 14.0. The first-order chi connectivity index (χ1) is 28.2. The van der Waals surface area contributed by atoms with Gasteiger partial charge in [-0.25, -0.2) is 4.98 Å². The number of carbonyl (C=O) groups is 5. The molecular formula is C46H49N7O5. The van der Waals surface area contributed by atoms with Crippen LogP contribution in [0.1, 0.15) is 116 Å². The van der Waals surface area contributed by atoms with E-state index in [0.29, 0.717) is 43.0 Å². The molecule has 4 N–H and O–H groups in total. The number of imidazole rings is 1. The number of carbonyl (C=O) groups excluding carboxylic acids is 5. The van der Waals surface area contributed by atoms with Crippen molar-refractivity contribution in [3.05, 3.63) is 125 Å². The predicted molar refractivity (Wildman–Crippen MR) is 216 cm³/mol. The summed E-state index contributed by atoms with van der Waals surface area (Å²) in [6.45, 7) is 2.93. The average molecular weight is 780 g/mol. The van der Waals surface area contributed by atoms with Crippen LogP contribution in [0.15, 0.2) is 91.1 Å². The minimum absolute atomic E-state index is 0.0141. The molecule has 2 aliphatic heterocycles. The van der Waals surface area contributed by atoms with E-state index in [1.165, 1.54) is 0 Å². The van der Waals surface area contributed by atoms with Crippen LogP contribution in [0, 0.1) is 23.7 Å². The molecule has 5 atom stereocenters. The number of nitrogens with one attached hydrogen (secondary N) is 4. The Morgan fingerprint density at radius 2 is 1.19 bits per heavy atom. The summed E-state index contributed by atoms with van der Waals surface area (Å²) in [5, 5.41) is 9.08.